The first kappa shape index (κ1) is 13.6. The Hall–Kier alpha value is -2.09. The summed E-state index contributed by atoms with van der Waals surface area (Å²) in [5, 5.41) is 0. The van der Waals surface area contributed by atoms with Crippen molar-refractivity contribution in [2.24, 2.45) is 5.92 Å². The van der Waals surface area contributed by atoms with Crippen molar-refractivity contribution >= 4 is 11.5 Å². The maximum Gasteiger partial charge on any atom is 0.140 e. The number of anilines is 1. The smallest absolute Gasteiger partial charge is 0.140 e. The summed E-state index contributed by atoms with van der Waals surface area (Å²) in [4.78, 5) is 15.1. The zero-order chi connectivity index (χ0) is 14.9. The van der Waals surface area contributed by atoms with E-state index in [4.69, 9.17) is 0 Å². The molecule has 0 amide bonds. The number of ketones is 1. The van der Waals surface area contributed by atoms with E-state index in [-0.39, 0.29) is 12.0 Å². The average Bonchev–Trinajstić information content (AvgIpc) is 3.06. The molecule has 112 valence electrons. The van der Waals surface area contributed by atoms with Crippen LogP contribution in [0.15, 0.2) is 60.7 Å². The molecule has 0 bridgehead atoms. The highest BCUT2D eigenvalue weighted by atomic mass is 16.1. The second-order valence-corrected chi connectivity index (χ2v) is 6.44. The Morgan fingerprint density at radius 3 is 2.27 bits per heavy atom. The molecule has 22 heavy (non-hydrogen) atoms. The molecule has 2 aromatic carbocycles. The van der Waals surface area contributed by atoms with Crippen LogP contribution < -0.4 is 4.90 Å². The van der Waals surface area contributed by atoms with E-state index in [0.717, 1.165) is 12.8 Å². The third-order valence-corrected chi connectivity index (χ3v) is 5.22. The molecular formula is C20H21NO. The molecule has 0 N–H and O–H groups in total. The van der Waals surface area contributed by atoms with Crippen molar-refractivity contribution in [3.05, 3.63) is 66.2 Å². The first-order valence-corrected chi connectivity index (χ1v) is 8.25. The van der Waals surface area contributed by atoms with Gasteiger partial charge in [0.05, 0.1) is 6.04 Å². The van der Waals surface area contributed by atoms with Gasteiger partial charge in [-0.1, -0.05) is 55.0 Å². The zero-order valence-electron chi connectivity index (χ0n) is 12.7. The standard InChI is InChI=1S/C20H21NO/c22-20-14-19(15-8-3-1-4-9-15)21(16-10-5-2-6-11-16)18-13-7-12-17(18)20/h1-6,8-11,17-19H,7,12-14H2/t17-,18-,19-/m1/s1. The first-order valence-electron chi connectivity index (χ1n) is 8.25. The Bertz CT molecular complexity index is 652. The predicted octanol–water partition coefficient (Wildman–Crippen LogP) is 4.38. The number of piperidine rings is 1. The second-order valence-electron chi connectivity index (χ2n) is 6.44. The van der Waals surface area contributed by atoms with Gasteiger partial charge in [0.1, 0.15) is 5.78 Å². The molecule has 4 rings (SSSR count). The van der Waals surface area contributed by atoms with Crippen LogP contribution in [0.5, 0.6) is 0 Å². The van der Waals surface area contributed by atoms with Gasteiger partial charge in [-0.05, 0) is 30.5 Å². The quantitative estimate of drug-likeness (QED) is 0.818. The lowest BCUT2D eigenvalue weighted by Gasteiger charge is -2.45. The maximum absolute atomic E-state index is 12.6. The summed E-state index contributed by atoms with van der Waals surface area (Å²) in [6.45, 7) is 0. The SMILES string of the molecule is O=C1C[C@H](c2ccccc2)N(c2ccccc2)[C@@H]2CCC[C@@H]12. The molecular weight excluding hydrogens is 270 g/mol. The third-order valence-electron chi connectivity index (χ3n) is 5.22. The summed E-state index contributed by atoms with van der Waals surface area (Å²) < 4.78 is 0. The van der Waals surface area contributed by atoms with Crippen LogP contribution in [0.4, 0.5) is 5.69 Å². The van der Waals surface area contributed by atoms with Gasteiger partial charge >= 0.3 is 0 Å². The largest absolute Gasteiger partial charge is 0.360 e. The lowest BCUT2D eigenvalue weighted by Crippen LogP contribution is -2.48. The van der Waals surface area contributed by atoms with E-state index in [9.17, 15) is 4.79 Å². The summed E-state index contributed by atoms with van der Waals surface area (Å²) in [6.07, 6.45) is 4.01. The first-order chi connectivity index (χ1) is 10.8. The van der Waals surface area contributed by atoms with E-state index in [1.54, 1.807) is 0 Å². The summed E-state index contributed by atoms with van der Waals surface area (Å²) in [7, 11) is 0. The van der Waals surface area contributed by atoms with Gasteiger partial charge < -0.3 is 4.90 Å². The molecule has 2 heteroatoms. The van der Waals surface area contributed by atoms with Crippen LogP contribution in [0.2, 0.25) is 0 Å². The molecule has 1 saturated carbocycles. The summed E-state index contributed by atoms with van der Waals surface area (Å²) in [5.41, 5.74) is 2.51. The van der Waals surface area contributed by atoms with Gasteiger partial charge in [-0.3, -0.25) is 4.79 Å². The van der Waals surface area contributed by atoms with Crippen LogP contribution in [0.1, 0.15) is 37.3 Å². The minimum absolute atomic E-state index is 0.176. The Labute approximate surface area is 131 Å². The third kappa shape index (κ3) is 2.23. The predicted molar refractivity (Wildman–Crippen MR) is 88.9 cm³/mol. The van der Waals surface area contributed by atoms with Crippen molar-refractivity contribution in [2.45, 2.75) is 37.8 Å². The minimum Gasteiger partial charge on any atom is -0.360 e. The van der Waals surface area contributed by atoms with Gasteiger partial charge in [-0.15, -0.1) is 0 Å². The van der Waals surface area contributed by atoms with Crippen molar-refractivity contribution in [1.82, 2.24) is 0 Å². The number of Topliss-reactive ketones (excluding diaryl/α,β-unsaturated/α-hetero) is 1. The molecule has 0 aromatic heterocycles. The number of hydrogen-bond donors (Lipinski definition) is 0. The number of nitrogens with zero attached hydrogens (tertiary/aromatic N) is 1. The average molecular weight is 291 g/mol. The van der Waals surface area contributed by atoms with Gasteiger partial charge in [-0.2, -0.15) is 0 Å². The minimum atomic E-state index is 0.176. The van der Waals surface area contributed by atoms with Crippen molar-refractivity contribution in [3.63, 3.8) is 0 Å². The van der Waals surface area contributed by atoms with Crippen LogP contribution in [-0.4, -0.2) is 11.8 Å². The Balaban J connectivity index is 1.79. The number of hydrogen-bond acceptors (Lipinski definition) is 2. The molecule has 0 spiro atoms. The molecule has 1 aliphatic carbocycles. The molecule has 2 aromatic rings. The zero-order valence-corrected chi connectivity index (χ0v) is 12.7. The lowest BCUT2D eigenvalue weighted by atomic mass is 9.83. The van der Waals surface area contributed by atoms with Crippen molar-refractivity contribution in [2.75, 3.05) is 4.90 Å². The van der Waals surface area contributed by atoms with Gasteiger partial charge in [0.25, 0.3) is 0 Å². The molecule has 3 atom stereocenters. The summed E-state index contributed by atoms with van der Waals surface area (Å²) in [6, 6.07) is 21.7. The second kappa shape index (κ2) is 5.60. The van der Waals surface area contributed by atoms with Crippen molar-refractivity contribution < 1.29 is 4.79 Å². The molecule has 1 heterocycles. The van der Waals surface area contributed by atoms with E-state index in [1.165, 1.54) is 17.7 Å². The highest BCUT2D eigenvalue weighted by Crippen LogP contribution is 2.45. The van der Waals surface area contributed by atoms with E-state index in [0.29, 0.717) is 18.2 Å². The molecule has 2 fully saturated rings. The van der Waals surface area contributed by atoms with Crippen molar-refractivity contribution in [1.29, 1.82) is 0 Å². The molecule has 1 saturated heterocycles. The Morgan fingerprint density at radius 2 is 1.55 bits per heavy atom. The van der Waals surface area contributed by atoms with Crippen molar-refractivity contribution in [3.8, 4) is 0 Å². The topological polar surface area (TPSA) is 20.3 Å². The van der Waals surface area contributed by atoms with Gasteiger partial charge in [-0.25, -0.2) is 0 Å². The monoisotopic (exact) mass is 291 g/mol. The fraction of sp³-hybridized carbons (Fsp3) is 0.350. The van der Waals surface area contributed by atoms with E-state index >= 15 is 0 Å². The number of fused-ring (bicyclic) bond motifs is 1. The summed E-state index contributed by atoms with van der Waals surface area (Å²) in [5.74, 6) is 0.698. The fourth-order valence-electron chi connectivity index (χ4n) is 4.25. The van der Waals surface area contributed by atoms with Crippen LogP contribution in [0.25, 0.3) is 0 Å². The molecule has 1 aliphatic heterocycles. The van der Waals surface area contributed by atoms with E-state index in [1.807, 2.05) is 6.07 Å². The van der Waals surface area contributed by atoms with E-state index < -0.39 is 0 Å². The number of carbonyl (C=O) groups is 1. The Kier molecular flexibility index (Phi) is 3.45. The van der Waals surface area contributed by atoms with Crippen LogP contribution in [0.3, 0.4) is 0 Å². The normalized spacial score (nSPS) is 27.7. The number of carbonyl (C=O) groups excluding carboxylic acids is 1. The van der Waals surface area contributed by atoms with Gasteiger partial charge in [0.2, 0.25) is 0 Å². The highest BCUT2D eigenvalue weighted by Gasteiger charge is 2.45. The molecule has 0 unspecified atom stereocenters. The molecule has 2 nitrogen and oxygen atoms in total. The summed E-state index contributed by atoms with van der Waals surface area (Å²) >= 11 is 0. The fourth-order valence-corrected chi connectivity index (χ4v) is 4.25. The Morgan fingerprint density at radius 1 is 0.864 bits per heavy atom. The van der Waals surface area contributed by atoms with Crippen LogP contribution in [-0.2, 0) is 4.79 Å². The van der Waals surface area contributed by atoms with Crippen LogP contribution >= 0.6 is 0 Å². The molecule has 2 aliphatic rings. The maximum atomic E-state index is 12.6. The molecule has 0 radical (unpaired) electrons. The number of para-hydroxylation sites is 1. The van der Waals surface area contributed by atoms with E-state index in [2.05, 4.69) is 59.5 Å². The number of benzene rings is 2. The van der Waals surface area contributed by atoms with Gasteiger partial charge in [0.15, 0.2) is 0 Å². The lowest BCUT2D eigenvalue weighted by molar-refractivity contribution is -0.125. The number of rotatable bonds is 2. The highest BCUT2D eigenvalue weighted by molar-refractivity contribution is 5.85. The van der Waals surface area contributed by atoms with Gasteiger partial charge in [0, 0.05) is 24.1 Å². The van der Waals surface area contributed by atoms with Crippen LogP contribution in [0, 0.1) is 5.92 Å².